The van der Waals surface area contributed by atoms with Crippen LogP contribution < -0.4 is 5.43 Å². The predicted molar refractivity (Wildman–Crippen MR) is 67.6 cm³/mol. The van der Waals surface area contributed by atoms with Gasteiger partial charge in [-0.15, -0.1) is 0 Å². The van der Waals surface area contributed by atoms with Gasteiger partial charge in [0.25, 0.3) is 11.8 Å². The van der Waals surface area contributed by atoms with Gasteiger partial charge in [0.15, 0.2) is 5.82 Å². The van der Waals surface area contributed by atoms with Crippen LogP contribution in [0.2, 0.25) is 0 Å². The van der Waals surface area contributed by atoms with E-state index in [9.17, 15) is 27.6 Å². The lowest BCUT2D eigenvalue weighted by Gasteiger charge is -2.18. The number of anilines is 1. The van der Waals surface area contributed by atoms with Crippen LogP contribution >= 0.6 is 0 Å². The number of carbonyl (C=O) groups excluding carboxylic acids is 3. The molecule has 0 atom stereocenters. The zero-order valence-electron chi connectivity index (χ0n) is 11.5. The number of rotatable bonds is 4. The lowest BCUT2D eigenvalue weighted by molar-refractivity contribution is -0.144. The van der Waals surface area contributed by atoms with Gasteiger partial charge in [0.05, 0.1) is 6.61 Å². The number of amides is 2. The highest BCUT2D eigenvalue weighted by Gasteiger charge is 2.36. The van der Waals surface area contributed by atoms with Crippen LogP contribution in [0.25, 0.3) is 0 Å². The Labute approximate surface area is 126 Å². The Hall–Kier alpha value is -2.98. The second-order valence-corrected chi connectivity index (χ2v) is 4.13. The number of carbonyl (C=O) groups is 3. The predicted octanol–water partition coefficient (Wildman–Crippen LogP) is 0.924. The summed E-state index contributed by atoms with van der Waals surface area (Å²) in [5.74, 6) is -4.86. The molecule has 0 aromatic carbocycles. The summed E-state index contributed by atoms with van der Waals surface area (Å²) < 4.78 is 42.7. The number of nitrogens with zero attached hydrogens (tertiary/aromatic N) is 3. The third-order valence-electron chi connectivity index (χ3n) is 2.56. The first-order valence-corrected chi connectivity index (χ1v) is 6.18. The topological polar surface area (TPSA) is 101 Å². The van der Waals surface area contributed by atoms with Gasteiger partial charge < -0.3 is 4.74 Å². The number of hydrogen-bond donors (Lipinski definition) is 1. The Balaban J connectivity index is 2.42. The van der Waals surface area contributed by atoms with E-state index < -0.39 is 41.2 Å². The zero-order valence-corrected chi connectivity index (χ0v) is 11.5. The summed E-state index contributed by atoms with van der Waals surface area (Å²) >= 11 is 0. The molecule has 0 aliphatic carbocycles. The maximum atomic E-state index is 12.7. The number of alkyl halides is 3. The third kappa shape index (κ3) is 3.44. The second kappa shape index (κ2) is 6.02. The molecule has 0 saturated heterocycles. The minimum absolute atomic E-state index is 0.0393. The van der Waals surface area contributed by atoms with Crippen molar-refractivity contribution in [3.63, 3.8) is 0 Å². The second-order valence-electron chi connectivity index (χ2n) is 4.13. The number of hydrogen-bond acceptors (Lipinski definition) is 7. The first-order chi connectivity index (χ1) is 10.7. The van der Waals surface area contributed by atoms with Crippen LogP contribution in [-0.2, 0) is 20.5 Å². The van der Waals surface area contributed by atoms with E-state index >= 15 is 0 Å². The molecule has 0 bridgehead atoms. The van der Waals surface area contributed by atoms with Crippen molar-refractivity contribution in [3.8, 4) is 0 Å². The van der Waals surface area contributed by atoms with Crippen LogP contribution in [0.1, 0.15) is 23.1 Å². The Morgan fingerprint density at radius 1 is 1.30 bits per heavy atom. The van der Waals surface area contributed by atoms with Crippen molar-refractivity contribution in [2.24, 2.45) is 0 Å². The summed E-state index contributed by atoms with van der Waals surface area (Å²) in [6.07, 6.45) is -2.45. The fourth-order valence-electron chi connectivity index (χ4n) is 1.58. The molecule has 23 heavy (non-hydrogen) atoms. The summed E-state index contributed by atoms with van der Waals surface area (Å²) in [5, 5.41) is 0.408. The van der Waals surface area contributed by atoms with Gasteiger partial charge in [-0.2, -0.15) is 18.2 Å². The van der Waals surface area contributed by atoms with Gasteiger partial charge in [-0.05, 0) is 6.92 Å². The molecular formula is C12H9F3N4O4. The highest BCUT2D eigenvalue weighted by Crippen LogP contribution is 2.28. The van der Waals surface area contributed by atoms with Gasteiger partial charge in [0.1, 0.15) is 5.56 Å². The van der Waals surface area contributed by atoms with E-state index in [-0.39, 0.29) is 6.61 Å². The van der Waals surface area contributed by atoms with Gasteiger partial charge >= 0.3 is 12.1 Å². The number of nitrogens with one attached hydrogen (secondary N) is 1. The third-order valence-corrected chi connectivity index (χ3v) is 2.56. The van der Waals surface area contributed by atoms with E-state index in [1.54, 1.807) is 0 Å². The molecule has 0 spiro atoms. The number of esters is 1. The Morgan fingerprint density at radius 3 is 2.43 bits per heavy atom. The summed E-state index contributed by atoms with van der Waals surface area (Å²) in [5.41, 5.74) is 1.63. The molecule has 0 fully saturated rings. The number of hydrazine groups is 1. The molecule has 1 aliphatic rings. The smallest absolute Gasteiger partial charge is 0.451 e. The fraction of sp³-hybridized carbons (Fsp3) is 0.250. The lowest BCUT2D eigenvalue weighted by atomic mass is 10.3. The van der Waals surface area contributed by atoms with Crippen LogP contribution in [0, 0.1) is 0 Å². The molecule has 1 N–H and O–H groups in total. The molecule has 2 amide bonds. The van der Waals surface area contributed by atoms with Gasteiger partial charge in [0.2, 0.25) is 5.82 Å². The fourth-order valence-corrected chi connectivity index (χ4v) is 1.58. The van der Waals surface area contributed by atoms with Gasteiger partial charge in [-0.25, -0.2) is 14.8 Å². The Bertz CT molecular complexity index is 684. The Kier molecular flexibility index (Phi) is 4.29. The average Bonchev–Trinajstić information content (AvgIpc) is 2.78. The maximum Gasteiger partial charge on any atom is 0.451 e. The molecule has 2 heterocycles. The van der Waals surface area contributed by atoms with Crippen molar-refractivity contribution in [2.75, 3.05) is 12.0 Å². The van der Waals surface area contributed by atoms with E-state index in [0.717, 1.165) is 12.2 Å². The molecule has 8 nitrogen and oxygen atoms in total. The number of ether oxygens (including phenoxy) is 1. The average molecular weight is 330 g/mol. The SMILES string of the molecule is CCOC(=O)c1cnc(C(F)(F)F)nc1NN1C(=O)C=CC1=O. The van der Waals surface area contributed by atoms with Crippen LogP contribution in [0.3, 0.4) is 0 Å². The maximum absolute atomic E-state index is 12.7. The lowest BCUT2D eigenvalue weighted by Crippen LogP contribution is -2.37. The molecular weight excluding hydrogens is 321 g/mol. The van der Waals surface area contributed by atoms with Crippen molar-refractivity contribution < 1.29 is 32.3 Å². The monoisotopic (exact) mass is 330 g/mol. The normalized spacial score (nSPS) is 14.3. The molecule has 2 rings (SSSR count). The van der Waals surface area contributed by atoms with E-state index in [1.165, 1.54) is 6.92 Å². The number of aromatic nitrogens is 2. The first-order valence-electron chi connectivity index (χ1n) is 6.18. The molecule has 0 radical (unpaired) electrons. The number of halogens is 3. The largest absolute Gasteiger partial charge is 0.462 e. The van der Waals surface area contributed by atoms with Crippen LogP contribution in [0.5, 0.6) is 0 Å². The van der Waals surface area contributed by atoms with E-state index in [2.05, 4.69) is 20.1 Å². The molecule has 1 aliphatic heterocycles. The van der Waals surface area contributed by atoms with Crippen molar-refractivity contribution in [1.82, 2.24) is 15.0 Å². The van der Waals surface area contributed by atoms with Crippen molar-refractivity contribution >= 4 is 23.6 Å². The van der Waals surface area contributed by atoms with Crippen molar-refractivity contribution in [3.05, 3.63) is 29.7 Å². The van der Waals surface area contributed by atoms with E-state index in [0.29, 0.717) is 11.2 Å². The minimum atomic E-state index is -4.87. The highest BCUT2D eigenvalue weighted by atomic mass is 19.4. The van der Waals surface area contributed by atoms with Crippen LogP contribution in [-0.4, -0.2) is 39.4 Å². The summed E-state index contributed by atoms with van der Waals surface area (Å²) in [6.45, 7) is 1.45. The Morgan fingerprint density at radius 2 is 1.91 bits per heavy atom. The molecule has 0 saturated carbocycles. The quantitative estimate of drug-likeness (QED) is 0.647. The standard InChI is InChI=1S/C12H9F3N4O4/c1-2-23-10(22)6-5-16-11(12(13,14)15)17-9(6)18-19-7(20)3-4-8(19)21/h3-5H,2H2,1H3,(H,16,17,18). The molecule has 122 valence electrons. The van der Waals surface area contributed by atoms with Gasteiger partial charge in [-0.3, -0.25) is 15.0 Å². The highest BCUT2D eigenvalue weighted by molar-refractivity contribution is 6.13. The van der Waals surface area contributed by atoms with Crippen molar-refractivity contribution in [1.29, 1.82) is 0 Å². The molecule has 1 aromatic rings. The van der Waals surface area contributed by atoms with Crippen molar-refractivity contribution in [2.45, 2.75) is 13.1 Å². The van der Waals surface area contributed by atoms with Gasteiger partial charge in [0, 0.05) is 18.3 Å². The van der Waals surface area contributed by atoms with Crippen LogP contribution in [0.4, 0.5) is 19.0 Å². The van der Waals surface area contributed by atoms with Gasteiger partial charge in [-0.1, -0.05) is 0 Å². The van der Waals surface area contributed by atoms with E-state index in [4.69, 9.17) is 0 Å². The minimum Gasteiger partial charge on any atom is -0.462 e. The molecule has 1 aromatic heterocycles. The molecule has 0 unspecified atom stereocenters. The molecule has 11 heteroatoms. The summed E-state index contributed by atoms with van der Waals surface area (Å²) in [4.78, 5) is 40.8. The zero-order chi connectivity index (χ0) is 17.2. The summed E-state index contributed by atoms with van der Waals surface area (Å²) in [6, 6.07) is 0. The summed E-state index contributed by atoms with van der Waals surface area (Å²) in [7, 11) is 0. The van der Waals surface area contributed by atoms with E-state index in [1.807, 2.05) is 0 Å². The number of imide groups is 1. The first kappa shape index (κ1) is 16.4. The van der Waals surface area contributed by atoms with Crippen LogP contribution in [0.15, 0.2) is 18.3 Å².